The molecular weight excluding hydrogens is 408 g/mol. The zero-order valence-electron chi connectivity index (χ0n) is 13.7. The van der Waals surface area contributed by atoms with E-state index in [9.17, 15) is 18.0 Å². The van der Waals surface area contributed by atoms with Crippen LogP contribution in [0.3, 0.4) is 0 Å². The lowest BCUT2D eigenvalue weighted by molar-refractivity contribution is -0.117. The molecule has 2 amide bonds. The molecule has 0 bridgehead atoms. The van der Waals surface area contributed by atoms with Crippen molar-refractivity contribution in [3.05, 3.63) is 58.4 Å². The SMILES string of the molecule is NC(=O)Cc1csc(NC(=O)c2ccc(NS(=O)(=O)c3cccs3)cc2)n1. The predicted molar refractivity (Wildman–Crippen MR) is 105 cm³/mol. The van der Waals surface area contributed by atoms with E-state index in [1.807, 2.05) is 0 Å². The summed E-state index contributed by atoms with van der Waals surface area (Å²) in [4.78, 5) is 27.2. The number of rotatable bonds is 7. The second kappa shape index (κ2) is 7.86. The fraction of sp³-hybridized carbons (Fsp3) is 0.0625. The van der Waals surface area contributed by atoms with Crippen LogP contribution < -0.4 is 15.8 Å². The van der Waals surface area contributed by atoms with Crippen LogP contribution in [0.1, 0.15) is 16.1 Å². The molecule has 0 atom stereocenters. The Kier molecular flexibility index (Phi) is 5.54. The normalized spacial score (nSPS) is 11.1. The fourth-order valence-electron chi connectivity index (χ4n) is 2.10. The molecule has 0 fully saturated rings. The van der Waals surface area contributed by atoms with Gasteiger partial charge in [-0.1, -0.05) is 6.07 Å². The number of nitrogens with zero attached hydrogens (tertiary/aromatic N) is 1. The van der Waals surface area contributed by atoms with Gasteiger partial charge in [0.1, 0.15) is 4.21 Å². The Balaban J connectivity index is 1.65. The molecule has 8 nitrogen and oxygen atoms in total. The summed E-state index contributed by atoms with van der Waals surface area (Å²) in [6.07, 6.45) is 0.00541. The number of carbonyl (C=O) groups excluding carboxylic acids is 2. The van der Waals surface area contributed by atoms with Gasteiger partial charge in [-0.2, -0.15) is 0 Å². The first kappa shape index (κ1) is 19.0. The van der Waals surface area contributed by atoms with Crippen molar-refractivity contribution in [1.29, 1.82) is 0 Å². The maximum Gasteiger partial charge on any atom is 0.271 e. The number of thiophene rings is 1. The molecule has 0 saturated carbocycles. The number of nitrogens with two attached hydrogens (primary N) is 1. The Morgan fingerprint density at radius 3 is 2.48 bits per heavy atom. The first-order valence-electron chi connectivity index (χ1n) is 7.54. The average molecular weight is 423 g/mol. The van der Waals surface area contributed by atoms with Gasteiger partial charge in [0.2, 0.25) is 5.91 Å². The number of sulfonamides is 1. The number of primary amides is 1. The van der Waals surface area contributed by atoms with Gasteiger partial charge in [-0.05, 0) is 35.7 Å². The molecule has 0 aliphatic rings. The van der Waals surface area contributed by atoms with Gasteiger partial charge in [0, 0.05) is 16.6 Å². The van der Waals surface area contributed by atoms with Crippen molar-refractivity contribution in [3.63, 3.8) is 0 Å². The molecule has 4 N–H and O–H groups in total. The minimum atomic E-state index is -3.64. The number of amides is 2. The Labute approximate surface area is 163 Å². The van der Waals surface area contributed by atoms with Crippen molar-refractivity contribution in [1.82, 2.24) is 4.98 Å². The lowest BCUT2D eigenvalue weighted by atomic mass is 10.2. The van der Waals surface area contributed by atoms with E-state index in [1.165, 1.54) is 41.7 Å². The summed E-state index contributed by atoms with van der Waals surface area (Å²) >= 11 is 2.30. The number of hydrogen-bond donors (Lipinski definition) is 3. The topological polar surface area (TPSA) is 131 Å². The minimum absolute atomic E-state index is 0.00541. The van der Waals surface area contributed by atoms with E-state index in [-0.39, 0.29) is 10.6 Å². The van der Waals surface area contributed by atoms with E-state index in [2.05, 4.69) is 15.0 Å². The molecule has 0 aliphatic heterocycles. The van der Waals surface area contributed by atoms with Crippen molar-refractivity contribution in [2.24, 2.45) is 5.73 Å². The Bertz CT molecular complexity index is 1060. The second-order valence-electron chi connectivity index (χ2n) is 5.36. The molecule has 0 aliphatic carbocycles. The van der Waals surface area contributed by atoms with Crippen molar-refractivity contribution < 1.29 is 18.0 Å². The molecule has 2 aromatic heterocycles. The molecule has 0 spiro atoms. The summed E-state index contributed by atoms with van der Waals surface area (Å²) in [7, 11) is -3.64. The first-order chi connectivity index (χ1) is 12.8. The molecule has 11 heteroatoms. The van der Waals surface area contributed by atoms with E-state index in [0.717, 1.165) is 11.3 Å². The van der Waals surface area contributed by atoms with E-state index < -0.39 is 21.8 Å². The van der Waals surface area contributed by atoms with Crippen LogP contribution in [0.15, 0.2) is 51.4 Å². The van der Waals surface area contributed by atoms with Crippen LogP contribution in [0.25, 0.3) is 0 Å². The summed E-state index contributed by atoms with van der Waals surface area (Å²) in [6, 6.07) is 9.16. The number of nitrogens with one attached hydrogen (secondary N) is 2. The third kappa shape index (κ3) is 4.90. The predicted octanol–water partition coefficient (Wildman–Crippen LogP) is 2.29. The van der Waals surface area contributed by atoms with Gasteiger partial charge in [0.25, 0.3) is 15.9 Å². The van der Waals surface area contributed by atoms with Gasteiger partial charge in [-0.15, -0.1) is 22.7 Å². The first-order valence-corrected chi connectivity index (χ1v) is 10.8. The van der Waals surface area contributed by atoms with E-state index >= 15 is 0 Å². The van der Waals surface area contributed by atoms with E-state index in [0.29, 0.717) is 22.1 Å². The summed E-state index contributed by atoms with van der Waals surface area (Å²) in [5.74, 6) is -0.901. The number of aromatic nitrogens is 1. The standard InChI is InChI=1S/C16H14N4O4S3/c17-13(21)8-12-9-26-16(18-12)19-15(22)10-3-5-11(6-4-10)20-27(23,24)14-2-1-7-25-14/h1-7,9,20H,8H2,(H2,17,21)(H,18,19,22). The number of thiazole rings is 1. The van der Waals surface area contributed by atoms with Crippen LogP contribution >= 0.6 is 22.7 Å². The second-order valence-corrected chi connectivity index (χ2v) is 9.07. The molecule has 27 heavy (non-hydrogen) atoms. The highest BCUT2D eigenvalue weighted by atomic mass is 32.2. The molecule has 1 aromatic carbocycles. The van der Waals surface area contributed by atoms with Crippen LogP contribution in [0.4, 0.5) is 10.8 Å². The fourth-order valence-corrected chi connectivity index (χ4v) is 4.86. The third-order valence-corrected chi connectivity index (χ3v) is 6.87. The molecule has 3 aromatic rings. The van der Waals surface area contributed by atoms with Gasteiger partial charge >= 0.3 is 0 Å². The van der Waals surface area contributed by atoms with Gasteiger partial charge in [0.15, 0.2) is 5.13 Å². The minimum Gasteiger partial charge on any atom is -0.369 e. The lowest BCUT2D eigenvalue weighted by Crippen LogP contribution is -2.15. The summed E-state index contributed by atoms with van der Waals surface area (Å²) in [5.41, 5.74) is 6.27. The van der Waals surface area contributed by atoms with Crippen LogP contribution in [0.2, 0.25) is 0 Å². The maximum atomic E-state index is 12.3. The summed E-state index contributed by atoms with van der Waals surface area (Å²) in [6.45, 7) is 0. The Morgan fingerprint density at radius 2 is 1.85 bits per heavy atom. The number of benzene rings is 1. The highest BCUT2D eigenvalue weighted by molar-refractivity contribution is 7.94. The molecule has 2 heterocycles. The zero-order chi connectivity index (χ0) is 19.4. The molecule has 3 rings (SSSR count). The molecule has 0 unspecified atom stereocenters. The molecule has 0 saturated heterocycles. The highest BCUT2D eigenvalue weighted by Crippen LogP contribution is 2.21. The Hall–Kier alpha value is -2.76. The number of hydrogen-bond acceptors (Lipinski definition) is 7. The quantitative estimate of drug-likeness (QED) is 0.537. The number of anilines is 2. The monoisotopic (exact) mass is 422 g/mol. The maximum absolute atomic E-state index is 12.3. The van der Waals surface area contributed by atoms with Gasteiger partial charge in [-0.3, -0.25) is 19.6 Å². The van der Waals surface area contributed by atoms with Gasteiger partial charge in [-0.25, -0.2) is 13.4 Å². The molecule has 0 radical (unpaired) electrons. The van der Waals surface area contributed by atoms with Crippen molar-refractivity contribution >= 4 is 55.3 Å². The van der Waals surface area contributed by atoms with Crippen molar-refractivity contribution in [2.75, 3.05) is 10.0 Å². The molecular formula is C16H14N4O4S3. The lowest BCUT2D eigenvalue weighted by Gasteiger charge is -2.07. The Morgan fingerprint density at radius 1 is 1.11 bits per heavy atom. The van der Waals surface area contributed by atoms with Crippen LogP contribution in [-0.2, 0) is 21.2 Å². The smallest absolute Gasteiger partial charge is 0.271 e. The number of carbonyl (C=O) groups is 2. The van der Waals surface area contributed by atoms with Crippen LogP contribution in [0.5, 0.6) is 0 Å². The summed E-state index contributed by atoms with van der Waals surface area (Å²) in [5, 5.41) is 6.29. The van der Waals surface area contributed by atoms with Crippen LogP contribution in [0, 0.1) is 0 Å². The highest BCUT2D eigenvalue weighted by Gasteiger charge is 2.16. The van der Waals surface area contributed by atoms with E-state index in [4.69, 9.17) is 5.73 Å². The summed E-state index contributed by atoms with van der Waals surface area (Å²) < 4.78 is 27.0. The molecule has 140 valence electrons. The average Bonchev–Trinajstić information content (AvgIpc) is 3.27. The zero-order valence-corrected chi connectivity index (χ0v) is 16.2. The van der Waals surface area contributed by atoms with Crippen LogP contribution in [-0.4, -0.2) is 25.2 Å². The van der Waals surface area contributed by atoms with Crippen molar-refractivity contribution in [3.8, 4) is 0 Å². The van der Waals surface area contributed by atoms with Gasteiger partial charge in [0.05, 0.1) is 12.1 Å². The third-order valence-electron chi connectivity index (χ3n) is 3.29. The van der Waals surface area contributed by atoms with Gasteiger partial charge < -0.3 is 5.73 Å². The largest absolute Gasteiger partial charge is 0.369 e. The van der Waals surface area contributed by atoms with E-state index in [1.54, 1.807) is 16.8 Å². The van der Waals surface area contributed by atoms with Crippen molar-refractivity contribution in [2.45, 2.75) is 10.6 Å².